The maximum absolute atomic E-state index is 3.94. The molecule has 0 radical (unpaired) electrons. The summed E-state index contributed by atoms with van der Waals surface area (Å²) in [6.07, 6.45) is 9.48. The summed E-state index contributed by atoms with van der Waals surface area (Å²) in [5, 5.41) is 2.21. The van der Waals surface area contributed by atoms with E-state index >= 15 is 0 Å². The van der Waals surface area contributed by atoms with Crippen LogP contribution in [0, 0.1) is 0 Å². The minimum absolute atomic E-state index is 0.437. The molecule has 0 aromatic carbocycles. The molecule has 1 unspecified atom stereocenters. The van der Waals surface area contributed by atoms with E-state index in [1.54, 1.807) is 4.88 Å². The van der Waals surface area contributed by atoms with Gasteiger partial charge in [0.05, 0.1) is 0 Å². The van der Waals surface area contributed by atoms with Gasteiger partial charge in [0.25, 0.3) is 0 Å². The molecule has 18 heavy (non-hydrogen) atoms. The molecule has 1 aromatic heterocycles. The molecule has 0 amide bonds. The van der Waals surface area contributed by atoms with Crippen LogP contribution < -0.4 is 0 Å². The van der Waals surface area contributed by atoms with E-state index in [0.29, 0.717) is 6.04 Å². The Kier molecular flexibility index (Phi) is 4.56. The predicted molar refractivity (Wildman–Crippen MR) is 81.0 cm³/mol. The summed E-state index contributed by atoms with van der Waals surface area (Å²) in [5.41, 5.74) is 2.80. The first-order chi connectivity index (χ1) is 8.76. The second-order valence-electron chi connectivity index (χ2n) is 4.66. The Bertz CT molecular complexity index is 467. The first-order valence-electron chi connectivity index (χ1n) is 6.51. The summed E-state index contributed by atoms with van der Waals surface area (Å²) in [5.74, 6) is 0. The highest BCUT2D eigenvalue weighted by atomic mass is 32.1. The van der Waals surface area contributed by atoms with Gasteiger partial charge in [0.1, 0.15) is 0 Å². The van der Waals surface area contributed by atoms with Crippen molar-refractivity contribution in [3.63, 3.8) is 0 Å². The fourth-order valence-corrected chi connectivity index (χ4v) is 3.29. The van der Waals surface area contributed by atoms with E-state index in [1.807, 2.05) is 24.3 Å². The molecule has 0 spiro atoms. The number of nitrogens with zero attached hydrogens (tertiary/aromatic N) is 1. The van der Waals surface area contributed by atoms with Gasteiger partial charge >= 0.3 is 0 Å². The average Bonchev–Trinajstić information content (AvgIpc) is 2.86. The second-order valence-corrected chi connectivity index (χ2v) is 5.66. The van der Waals surface area contributed by atoms with Crippen molar-refractivity contribution < 1.29 is 0 Å². The molecule has 1 aliphatic rings. The SMILES string of the molecule is C=C/C(=C\C=C/C)C(C)N1CCc2sccc2C1. The fourth-order valence-electron chi connectivity index (χ4n) is 2.40. The van der Waals surface area contributed by atoms with Crippen LogP contribution in [0.1, 0.15) is 24.3 Å². The molecule has 1 aromatic rings. The third-order valence-corrected chi connectivity index (χ3v) is 4.61. The highest BCUT2D eigenvalue weighted by Crippen LogP contribution is 2.26. The Morgan fingerprint density at radius 3 is 3.11 bits per heavy atom. The minimum Gasteiger partial charge on any atom is -0.292 e. The van der Waals surface area contributed by atoms with Crippen molar-refractivity contribution in [1.82, 2.24) is 4.90 Å². The molecule has 1 atom stereocenters. The number of rotatable bonds is 4. The quantitative estimate of drug-likeness (QED) is 0.733. The summed E-state index contributed by atoms with van der Waals surface area (Å²) in [6, 6.07) is 2.70. The Balaban J connectivity index is 2.11. The molecule has 1 aliphatic heterocycles. The van der Waals surface area contributed by atoms with E-state index in [2.05, 4.69) is 48.1 Å². The predicted octanol–water partition coefficient (Wildman–Crippen LogP) is 4.18. The lowest BCUT2D eigenvalue weighted by atomic mass is 10.0. The highest BCUT2D eigenvalue weighted by Gasteiger charge is 2.22. The lowest BCUT2D eigenvalue weighted by Crippen LogP contribution is -2.37. The molecule has 2 heterocycles. The Morgan fingerprint density at radius 1 is 1.56 bits per heavy atom. The van der Waals surface area contributed by atoms with Crippen molar-refractivity contribution in [2.45, 2.75) is 32.9 Å². The van der Waals surface area contributed by atoms with Crippen LogP contribution in [0.5, 0.6) is 0 Å². The average molecular weight is 259 g/mol. The van der Waals surface area contributed by atoms with Gasteiger partial charge in [0.15, 0.2) is 0 Å². The van der Waals surface area contributed by atoms with Crippen LogP contribution >= 0.6 is 11.3 Å². The normalized spacial score (nSPS) is 18.9. The molecule has 2 rings (SSSR count). The van der Waals surface area contributed by atoms with Crippen molar-refractivity contribution in [2.24, 2.45) is 0 Å². The van der Waals surface area contributed by atoms with Gasteiger partial charge in [0.2, 0.25) is 0 Å². The van der Waals surface area contributed by atoms with Gasteiger partial charge in [-0.3, -0.25) is 4.90 Å². The largest absolute Gasteiger partial charge is 0.292 e. The number of fused-ring (bicyclic) bond motifs is 1. The van der Waals surface area contributed by atoms with Gasteiger partial charge in [-0.15, -0.1) is 11.3 Å². The smallest absolute Gasteiger partial charge is 0.0323 e. The van der Waals surface area contributed by atoms with Gasteiger partial charge < -0.3 is 0 Å². The summed E-state index contributed by atoms with van der Waals surface area (Å²) in [6.45, 7) is 10.5. The van der Waals surface area contributed by atoms with Crippen molar-refractivity contribution in [3.05, 3.63) is 58.3 Å². The van der Waals surface area contributed by atoms with Crippen molar-refractivity contribution in [2.75, 3.05) is 6.54 Å². The molecule has 0 saturated heterocycles. The minimum atomic E-state index is 0.437. The maximum Gasteiger partial charge on any atom is 0.0323 e. The third-order valence-electron chi connectivity index (χ3n) is 3.58. The zero-order chi connectivity index (χ0) is 13.0. The van der Waals surface area contributed by atoms with E-state index in [0.717, 1.165) is 13.1 Å². The lowest BCUT2D eigenvalue weighted by molar-refractivity contribution is 0.218. The first kappa shape index (κ1) is 13.3. The Labute approximate surface area is 114 Å². The number of allylic oxidation sites excluding steroid dienone is 3. The van der Waals surface area contributed by atoms with Gasteiger partial charge in [0, 0.05) is 24.0 Å². The maximum atomic E-state index is 3.94. The molecule has 0 bridgehead atoms. The zero-order valence-electron chi connectivity index (χ0n) is 11.2. The number of hydrogen-bond donors (Lipinski definition) is 0. The van der Waals surface area contributed by atoms with Crippen molar-refractivity contribution in [1.29, 1.82) is 0 Å². The molecule has 2 heteroatoms. The van der Waals surface area contributed by atoms with E-state index < -0.39 is 0 Å². The molecule has 96 valence electrons. The molecule has 0 saturated carbocycles. The Hall–Kier alpha value is -1.12. The summed E-state index contributed by atoms with van der Waals surface area (Å²) in [7, 11) is 0. The van der Waals surface area contributed by atoms with Crippen LogP contribution in [-0.4, -0.2) is 17.5 Å². The van der Waals surface area contributed by atoms with Crippen LogP contribution in [0.4, 0.5) is 0 Å². The second kappa shape index (κ2) is 6.17. The molecule has 0 N–H and O–H groups in total. The van der Waals surface area contributed by atoms with Crippen LogP contribution in [0.25, 0.3) is 0 Å². The van der Waals surface area contributed by atoms with Gasteiger partial charge in [-0.05, 0) is 42.9 Å². The highest BCUT2D eigenvalue weighted by molar-refractivity contribution is 7.10. The van der Waals surface area contributed by atoms with E-state index in [1.165, 1.54) is 17.6 Å². The topological polar surface area (TPSA) is 3.24 Å². The number of hydrogen-bond acceptors (Lipinski definition) is 2. The summed E-state index contributed by atoms with van der Waals surface area (Å²) >= 11 is 1.89. The summed E-state index contributed by atoms with van der Waals surface area (Å²) < 4.78 is 0. The molecule has 0 fully saturated rings. The third kappa shape index (κ3) is 2.82. The van der Waals surface area contributed by atoms with Crippen LogP contribution in [-0.2, 0) is 13.0 Å². The van der Waals surface area contributed by atoms with E-state index in [-0.39, 0.29) is 0 Å². The van der Waals surface area contributed by atoms with E-state index in [9.17, 15) is 0 Å². The van der Waals surface area contributed by atoms with Crippen LogP contribution in [0.15, 0.2) is 47.9 Å². The zero-order valence-corrected chi connectivity index (χ0v) is 12.0. The molecule has 0 aliphatic carbocycles. The van der Waals surface area contributed by atoms with Gasteiger partial charge in [-0.1, -0.05) is 30.9 Å². The van der Waals surface area contributed by atoms with E-state index in [4.69, 9.17) is 0 Å². The molecular formula is C16H21NS. The standard InChI is InChI=1S/C16H21NS/c1-4-6-7-14(5-2)13(3)17-10-8-16-15(12-17)9-11-18-16/h4-7,9,11,13H,2,8,10,12H2,1,3H3/b6-4-,14-7+. The fraction of sp³-hybridized carbons (Fsp3) is 0.375. The van der Waals surface area contributed by atoms with Crippen LogP contribution in [0.2, 0.25) is 0 Å². The lowest BCUT2D eigenvalue weighted by Gasteiger charge is -2.33. The molecule has 1 nitrogen and oxygen atoms in total. The molecular weight excluding hydrogens is 238 g/mol. The Morgan fingerprint density at radius 2 is 2.39 bits per heavy atom. The number of thiophene rings is 1. The van der Waals surface area contributed by atoms with Crippen molar-refractivity contribution >= 4 is 11.3 Å². The first-order valence-corrected chi connectivity index (χ1v) is 7.38. The van der Waals surface area contributed by atoms with Crippen LogP contribution in [0.3, 0.4) is 0 Å². The van der Waals surface area contributed by atoms with Gasteiger partial charge in [-0.25, -0.2) is 0 Å². The monoisotopic (exact) mass is 259 g/mol. The summed E-state index contributed by atoms with van der Waals surface area (Å²) in [4.78, 5) is 4.10. The van der Waals surface area contributed by atoms with Gasteiger partial charge in [-0.2, -0.15) is 0 Å². The van der Waals surface area contributed by atoms with Crippen molar-refractivity contribution in [3.8, 4) is 0 Å².